The van der Waals surface area contributed by atoms with Gasteiger partial charge < -0.3 is 19.9 Å². The number of sulfonamides is 1. The molecule has 0 unspecified atom stereocenters. The molecule has 29 heavy (non-hydrogen) atoms. The Morgan fingerprint density at radius 1 is 1.21 bits per heavy atom. The Bertz CT molecular complexity index is 984. The number of imidazole rings is 1. The first kappa shape index (κ1) is 22.8. The van der Waals surface area contributed by atoms with E-state index in [2.05, 4.69) is 15.6 Å². The predicted molar refractivity (Wildman–Crippen MR) is 108 cm³/mol. The van der Waals surface area contributed by atoms with Crippen LogP contribution in [0, 0.1) is 0 Å². The molecule has 0 aliphatic carbocycles. The van der Waals surface area contributed by atoms with Gasteiger partial charge in [0, 0.05) is 47.6 Å². The fourth-order valence-corrected chi connectivity index (χ4v) is 3.59. The molecule has 160 valence electrons. The molecule has 2 aromatic rings. The quantitative estimate of drug-likeness (QED) is 0.501. The highest BCUT2D eigenvalue weighted by atomic mass is 32.2. The summed E-state index contributed by atoms with van der Waals surface area (Å²) in [7, 11) is 2.75. The number of benzene rings is 1. The van der Waals surface area contributed by atoms with Crippen molar-refractivity contribution in [2.45, 2.75) is 17.7 Å². The van der Waals surface area contributed by atoms with E-state index in [0.29, 0.717) is 30.9 Å². The van der Waals surface area contributed by atoms with Crippen molar-refractivity contribution >= 4 is 32.9 Å². The van der Waals surface area contributed by atoms with Crippen molar-refractivity contribution in [1.82, 2.24) is 24.5 Å². The van der Waals surface area contributed by atoms with E-state index >= 15 is 0 Å². The van der Waals surface area contributed by atoms with Gasteiger partial charge >= 0.3 is 0 Å². The van der Waals surface area contributed by atoms with Crippen LogP contribution in [0.15, 0.2) is 23.1 Å². The number of amides is 2. The van der Waals surface area contributed by atoms with E-state index in [1.54, 1.807) is 6.07 Å². The molecule has 11 heteroatoms. The number of rotatable bonds is 10. The first-order valence-electron chi connectivity index (χ1n) is 9.07. The van der Waals surface area contributed by atoms with Crippen LogP contribution in [0.4, 0.5) is 0 Å². The van der Waals surface area contributed by atoms with Crippen molar-refractivity contribution in [3.05, 3.63) is 24.0 Å². The standard InChI is InChI=1S/C18H27N5O5S/c1-22(2)29(26,27)13-5-6-15-14(11-13)21-16(23(15)3)7-8-17(24)20-12-18(25)19-9-10-28-4/h5-6,11H,7-10,12H2,1-4H3,(H,19,25)(H,20,24). The van der Waals surface area contributed by atoms with Gasteiger partial charge in [-0.2, -0.15) is 0 Å². The van der Waals surface area contributed by atoms with Gasteiger partial charge in [0.25, 0.3) is 0 Å². The molecule has 10 nitrogen and oxygen atoms in total. The summed E-state index contributed by atoms with van der Waals surface area (Å²) >= 11 is 0. The van der Waals surface area contributed by atoms with Crippen molar-refractivity contribution < 1.29 is 22.7 Å². The van der Waals surface area contributed by atoms with Gasteiger partial charge in [0.2, 0.25) is 21.8 Å². The SMILES string of the molecule is COCCNC(=O)CNC(=O)CCc1nc2cc(S(=O)(=O)N(C)C)ccc2n1C. The van der Waals surface area contributed by atoms with Crippen molar-refractivity contribution in [2.24, 2.45) is 7.05 Å². The van der Waals surface area contributed by atoms with Gasteiger partial charge in [0.1, 0.15) is 5.82 Å². The molecule has 0 atom stereocenters. The molecule has 1 aromatic carbocycles. The van der Waals surface area contributed by atoms with Crippen LogP contribution in [0.2, 0.25) is 0 Å². The topological polar surface area (TPSA) is 123 Å². The summed E-state index contributed by atoms with van der Waals surface area (Å²) < 4.78 is 32.4. The molecular weight excluding hydrogens is 398 g/mol. The monoisotopic (exact) mass is 425 g/mol. The van der Waals surface area contributed by atoms with Crippen molar-refractivity contribution in [3.8, 4) is 0 Å². The second kappa shape index (κ2) is 9.81. The highest BCUT2D eigenvalue weighted by Crippen LogP contribution is 2.21. The Hall–Kier alpha value is -2.50. The van der Waals surface area contributed by atoms with E-state index in [0.717, 1.165) is 9.82 Å². The highest BCUT2D eigenvalue weighted by molar-refractivity contribution is 7.89. The van der Waals surface area contributed by atoms with E-state index in [-0.39, 0.29) is 29.7 Å². The van der Waals surface area contributed by atoms with Gasteiger partial charge in [-0.15, -0.1) is 0 Å². The van der Waals surface area contributed by atoms with Crippen LogP contribution in [-0.2, 0) is 37.8 Å². The van der Waals surface area contributed by atoms with Crippen molar-refractivity contribution in [1.29, 1.82) is 0 Å². The number of aromatic nitrogens is 2. The first-order valence-corrected chi connectivity index (χ1v) is 10.5. The largest absolute Gasteiger partial charge is 0.383 e. The molecule has 0 saturated carbocycles. The molecule has 2 N–H and O–H groups in total. The maximum Gasteiger partial charge on any atom is 0.242 e. The molecule has 0 aliphatic heterocycles. The highest BCUT2D eigenvalue weighted by Gasteiger charge is 2.19. The molecule has 1 aromatic heterocycles. The summed E-state index contributed by atoms with van der Waals surface area (Å²) in [6.07, 6.45) is 0.517. The normalized spacial score (nSPS) is 11.8. The van der Waals surface area contributed by atoms with Gasteiger partial charge in [-0.1, -0.05) is 0 Å². The number of methoxy groups -OCH3 is 1. The third-order valence-electron chi connectivity index (χ3n) is 4.37. The zero-order chi connectivity index (χ0) is 21.6. The zero-order valence-electron chi connectivity index (χ0n) is 17.1. The molecule has 0 aliphatic rings. The van der Waals surface area contributed by atoms with Gasteiger partial charge in [-0.25, -0.2) is 17.7 Å². The lowest BCUT2D eigenvalue weighted by molar-refractivity contribution is -0.126. The number of carbonyl (C=O) groups excluding carboxylic acids is 2. The smallest absolute Gasteiger partial charge is 0.242 e. The van der Waals surface area contributed by atoms with Crippen LogP contribution in [0.1, 0.15) is 12.2 Å². The molecule has 2 amide bonds. The molecule has 0 radical (unpaired) electrons. The van der Waals surface area contributed by atoms with Crippen LogP contribution in [0.5, 0.6) is 0 Å². The lowest BCUT2D eigenvalue weighted by Gasteiger charge is -2.10. The number of fused-ring (bicyclic) bond motifs is 1. The molecular formula is C18H27N5O5S. The predicted octanol–water partition coefficient (Wildman–Crippen LogP) is -0.365. The molecule has 1 heterocycles. The molecule has 2 rings (SSSR count). The lowest BCUT2D eigenvalue weighted by Crippen LogP contribution is -2.38. The van der Waals surface area contributed by atoms with E-state index < -0.39 is 10.0 Å². The number of hydrogen-bond donors (Lipinski definition) is 2. The number of nitrogens with zero attached hydrogens (tertiary/aromatic N) is 3. The third kappa shape index (κ3) is 5.75. The number of hydrogen-bond acceptors (Lipinski definition) is 6. The Labute approximate surface area is 170 Å². The fourth-order valence-electron chi connectivity index (χ4n) is 2.67. The van der Waals surface area contributed by atoms with Crippen LogP contribution in [-0.4, -0.2) is 75.0 Å². The molecule has 0 bridgehead atoms. The summed E-state index contributed by atoms with van der Waals surface area (Å²) in [6.45, 7) is 0.692. The number of ether oxygens (including phenoxy) is 1. The minimum Gasteiger partial charge on any atom is -0.383 e. The number of nitrogens with one attached hydrogen (secondary N) is 2. The van der Waals surface area contributed by atoms with Crippen LogP contribution in [0.25, 0.3) is 11.0 Å². The van der Waals surface area contributed by atoms with Crippen LogP contribution < -0.4 is 10.6 Å². The summed E-state index contributed by atoms with van der Waals surface area (Å²) in [5, 5.41) is 5.18. The van der Waals surface area contributed by atoms with Crippen LogP contribution in [0.3, 0.4) is 0 Å². The Balaban J connectivity index is 1.99. The first-order chi connectivity index (χ1) is 13.7. The van der Waals surface area contributed by atoms with Gasteiger partial charge in [0.05, 0.1) is 29.1 Å². The number of aryl methyl sites for hydroxylation is 2. The minimum atomic E-state index is -3.55. The molecule has 0 saturated heterocycles. The van der Waals surface area contributed by atoms with E-state index in [9.17, 15) is 18.0 Å². The van der Waals surface area contributed by atoms with Crippen molar-refractivity contribution in [2.75, 3.05) is 40.9 Å². The maximum atomic E-state index is 12.3. The fraction of sp³-hybridized carbons (Fsp3) is 0.500. The summed E-state index contributed by atoms with van der Waals surface area (Å²) in [5.74, 6) is 0.0988. The minimum absolute atomic E-state index is 0.100. The van der Waals surface area contributed by atoms with E-state index in [1.165, 1.54) is 33.3 Å². The Morgan fingerprint density at radius 3 is 2.59 bits per heavy atom. The van der Waals surface area contributed by atoms with Gasteiger partial charge in [-0.3, -0.25) is 9.59 Å². The second-order valence-electron chi connectivity index (χ2n) is 6.64. The summed E-state index contributed by atoms with van der Waals surface area (Å²) in [6, 6.07) is 4.77. The zero-order valence-corrected chi connectivity index (χ0v) is 17.9. The summed E-state index contributed by atoms with van der Waals surface area (Å²) in [5.41, 5.74) is 1.32. The van der Waals surface area contributed by atoms with E-state index in [1.807, 2.05) is 11.6 Å². The molecule has 0 spiro atoms. The Morgan fingerprint density at radius 2 is 1.93 bits per heavy atom. The van der Waals surface area contributed by atoms with Gasteiger partial charge in [0.15, 0.2) is 0 Å². The number of carbonyl (C=O) groups is 2. The average molecular weight is 426 g/mol. The second-order valence-corrected chi connectivity index (χ2v) is 8.80. The van der Waals surface area contributed by atoms with Crippen molar-refractivity contribution in [3.63, 3.8) is 0 Å². The summed E-state index contributed by atoms with van der Waals surface area (Å²) in [4.78, 5) is 28.2. The van der Waals surface area contributed by atoms with Gasteiger partial charge in [-0.05, 0) is 18.2 Å². The Kier molecular flexibility index (Phi) is 7.71. The van der Waals surface area contributed by atoms with Crippen LogP contribution >= 0.6 is 0 Å². The molecule has 0 fully saturated rings. The van der Waals surface area contributed by atoms with E-state index in [4.69, 9.17) is 4.74 Å². The lowest BCUT2D eigenvalue weighted by atomic mass is 10.3. The maximum absolute atomic E-state index is 12.3. The third-order valence-corrected chi connectivity index (χ3v) is 6.18. The average Bonchev–Trinajstić information content (AvgIpc) is 3.00.